The molecule has 2 rings (SSSR count). The van der Waals surface area contributed by atoms with Crippen LogP contribution in [0, 0.1) is 5.82 Å². The number of carbonyl (C=O) groups excluding carboxylic acids is 1. The Labute approximate surface area is 110 Å². The Bertz CT molecular complexity index is 540. The Morgan fingerprint density at radius 1 is 1.11 bits per heavy atom. The number of ether oxygens (including phenoxy) is 1. The standard InChI is InChI=1S/C15H14FNO2/c16-12-6-8-13(9-7-12)19-15(18)14(17)10-11-4-2-1-3-5-11/h1-9,14H,10,17H2/t14-/m0/s1. The van der Waals surface area contributed by atoms with Crippen molar-refractivity contribution in [2.45, 2.75) is 12.5 Å². The summed E-state index contributed by atoms with van der Waals surface area (Å²) in [5.41, 5.74) is 6.74. The fraction of sp³-hybridized carbons (Fsp3) is 0.133. The Kier molecular flexibility index (Phi) is 4.26. The predicted molar refractivity (Wildman–Crippen MR) is 70.2 cm³/mol. The molecule has 0 aromatic heterocycles. The molecule has 0 fully saturated rings. The maximum absolute atomic E-state index is 12.7. The minimum Gasteiger partial charge on any atom is -0.425 e. The summed E-state index contributed by atoms with van der Waals surface area (Å²) >= 11 is 0. The van der Waals surface area contributed by atoms with E-state index >= 15 is 0 Å². The highest BCUT2D eigenvalue weighted by atomic mass is 19.1. The Hall–Kier alpha value is -2.20. The van der Waals surface area contributed by atoms with Gasteiger partial charge in [-0.1, -0.05) is 30.3 Å². The lowest BCUT2D eigenvalue weighted by Gasteiger charge is -2.11. The van der Waals surface area contributed by atoms with E-state index in [1.54, 1.807) is 0 Å². The molecule has 0 heterocycles. The maximum atomic E-state index is 12.7. The van der Waals surface area contributed by atoms with Crippen molar-refractivity contribution in [1.29, 1.82) is 0 Å². The Morgan fingerprint density at radius 3 is 2.37 bits per heavy atom. The molecule has 0 aliphatic heterocycles. The number of hydrogen-bond donors (Lipinski definition) is 1. The summed E-state index contributed by atoms with van der Waals surface area (Å²) in [7, 11) is 0. The van der Waals surface area contributed by atoms with Gasteiger partial charge in [-0.05, 0) is 36.2 Å². The van der Waals surface area contributed by atoms with Gasteiger partial charge in [-0.3, -0.25) is 0 Å². The topological polar surface area (TPSA) is 52.3 Å². The number of benzene rings is 2. The van der Waals surface area contributed by atoms with Crippen molar-refractivity contribution < 1.29 is 13.9 Å². The molecule has 0 saturated carbocycles. The lowest BCUT2D eigenvalue weighted by molar-refractivity contribution is -0.135. The Balaban J connectivity index is 1.94. The first-order valence-electron chi connectivity index (χ1n) is 5.92. The van der Waals surface area contributed by atoms with Gasteiger partial charge in [0.15, 0.2) is 0 Å². The molecule has 2 aromatic rings. The summed E-state index contributed by atoms with van der Waals surface area (Å²) in [5, 5.41) is 0. The zero-order valence-corrected chi connectivity index (χ0v) is 10.3. The molecule has 0 amide bonds. The normalized spacial score (nSPS) is 11.9. The lowest BCUT2D eigenvalue weighted by Crippen LogP contribution is -2.36. The first-order chi connectivity index (χ1) is 9.15. The highest BCUT2D eigenvalue weighted by Crippen LogP contribution is 2.12. The second-order valence-corrected chi connectivity index (χ2v) is 4.17. The molecule has 0 aliphatic carbocycles. The quantitative estimate of drug-likeness (QED) is 0.677. The number of rotatable bonds is 4. The van der Waals surface area contributed by atoms with E-state index in [0.29, 0.717) is 6.42 Å². The van der Waals surface area contributed by atoms with Crippen LogP contribution in [0.2, 0.25) is 0 Å². The van der Waals surface area contributed by atoms with Gasteiger partial charge in [0.2, 0.25) is 0 Å². The van der Waals surface area contributed by atoms with Gasteiger partial charge >= 0.3 is 5.97 Å². The van der Waals surface area contributed by atoms with E-state index in [4.69, 9.17) is 10.5 Å². The van der Waals surface area contributed by atoms with Crippen LogP contribution in [0.1, 0.15) is 5.56 Å². The third-order valence-corrected chi connectivity index (χ3v) is 2.63. The van der Waals surface area contributed by atoms with Gasteiger partial charge in [-0.15, -0.1) is 0 Å². The second-order valence-electron chi connectivity index (χ2n) is 4.17. The van der Waals surface area contributed by atoms with Gasteiger partial charge in [0.1, 0.15) is 17.6 Å². The average Bonchev–Trinajstić information content (AvgIpc) is 2.42. The molecule has 0 aliphatic rings. The molecular weight excluding hydrogens is 245 g/mol. The van der Waals surface area contributed by atoms with Crippen LogP contribution < -0.4 is 10.5 Å². The molecular formula is C15H14FNO2. The number of nitrogens with two attached hydrogens (primary N) is 1. The van der Waals surface area contributed by atoms with Crippen LogP contribution in [0.3, 0.4) is 0 Å². The summed E-state index contributed by atoms with van der Waals surface area (Å²) in [5.74, 6) is -0.626. The van der Waals surface area contributed by atoms with E-state index in [1.165, 1.54) is 24.3 Å². The first kappa shape index (κ1) is 13.2. The minimum absolute atomic E-state index is 0.287. The van der Waals surface area contributed by atoms with Crippen molar-refractivity contribution in [2.24, 2.45) is 5.73 Å². The van der Waals surface area contributed by atoms with E-state index in [0.717, 1.165) is 5.56 Å². The van der Waals surface area contributed by atoms with Crippen LogP contribution in [-0.2, 0) is 11.2 Å². The maximum Gasteiger partial charge on any atom is 0.328 e. The van der Waals surface area contributed by atoms with Gasteiger partial charge in [-0.2, -0.15) is 0 Å². The summed E-state index contributed by atoms with van der Waals surface area (Å²) in [6, 6.07) is 13.9. The average molecular weight is 259 g/mol. The summed E-state index contributed by atoms with van der Waals surface area (Å²) in [4.78, 5) is 11.8. The molecule has 1 atom stereocenters. The SMILES string of the molecule is N[C@@H](Cc1ccccc1)C(=O)Oc1ccc(F)cc1. The predicted octanol–water partition coefficient (Wildman–Crippen LogP) is 2.30. The number of esters is 1. The summed E-state index contributed by atoms with van der Waals surface area (Å²) in [6.45, 7) is 0. The van der Waals surface area contributed by atoms with E-state index < -0.39 is 12.0 Å². The molecule has 4 heteroatoms. The van der Waals surface area contributed by atoms with Crippen LogP contribution in [0.15, 0.2) is 54.6 Å². The second kappa shape index (κ2) is 6.11. The molecule has 2 N–H and O–H groups in total. The van der Waals surface area contributed by atoms with Gasteiger partial charge in [0.25, 0.3) is 0 Å². The highest BCUT2D eigenvalue weighted by molar-refractivity contribution is 5.78. The third kappa shape index (κ3) is 3.89. The summed E-state index contributed by atoms with van der Waals surface area (Å²) < 4.78 is 17.8. The first-order valence-corrected chi connectivity index (χ1v) is 5.92. The Morgan fingerprint density at radius 2 is 1.74 bits per heavy atom. The van der Waals surface area contributed by atoms with Crippen LogP contribution >= 0.6 is 0 Å². The molecule has 3 nitrogen and oxygen atoms in total. The molecule has 2 aromatic carbocycles. The van der Waals surface area contributed by atoms with Crippen LogP contribution in [0.4, 0.5) is 4.39 Å². The smallest absolute Gasteiger partial charge is 0.328 e. The van der Waals surface area contributed by atoms with Crippen LogP contribution in [0.25, 0.3) is 0 Å². The molecule has 0 saturated heterocycles. The van der Waals surface area contributed by atoms with Crippen molar-refractivity contribution in [1.82, 2.24) is 0 Å². The van der Waals surface area contributed by atoms with Gasteiger partial charge in [0, 0.05) is 0 Å². The largest absolute Gasteiger partial charge is 0.425 e. The van der Waals surface area contributed by atoms with E-state index in [9.17, 15) is 9.18 Å². The van der Waals surface area contributed by atoms with Crippen molar-refractivity contribution in [3.63, 3.8) is 0 Å². The molecule has 19 heavy (non-hydrogen) atoms. The number of carbonyl (C=O) groups is 1. The van der Waals surface area contributed by atoms with Gasteiger partial charge in [-0.25, -0.2) is 9.18 Å². The zero-order chi connectivity index (χ0) is 13.7. The van der Waals surface area contributed by atoms with Crippen molar-refractivity contribution in [3.05, 3.63) is 66.0 Å². The molecule has 0 bridgehead atoms. The van der Waals surface area contributed by atoms with Gasteiger partial charge < -0.3 is 10.5 Å². The fourth-order valence-corrected chi connectivity index (χ4v) is 1.65. The lowest BCUT2D eigenvalue weighted by atomic mass is 10.1. The third-order valence-electron chi connectivity index (χ3n) is 2.63. The van der Waals surface area contributed by atoms with Crippen molar-refractivity contribution >= 4 is 5.97 Å². The van der Waals surface area contributed by atoms with Crippen LogP contribution in [-0.4, -0.2) is 12.0 Å². The molecule has 0 spiro atoms. The number of hydrogen-bond acceptors (Lipinski definition) is 3. The zero-order valence-electron chi connectivity index (χ0n) is 10.3. The van der Waals surface area contributed by atoms with Crippen molar-refractivity contribution in [2.75, 3.05) is 0 Å². The molecule has 0 radical (unpaired) electrons. The molecule has 98 valence electrons. The minimum atomic E-state index is -0.743. The van der Waals surface area contributed by atoms with Crippen molar-refractivity contribution in [3.8, 4) is 5.75 Å². The molecule has 0 unspecified atom stereocenters. The van der Waals surface area contributed by atoms with E-state index in [2.05, 4.69) is 0 Å². The fourth-order valence-electron chi connectivity index (χ4n) is 1.65. The summed E-state index contributed by atoms with van der Waals surface area (Å²) in [6.07, 6.45) is 0.404. The van der Waals surface area contributed by atoms with Crippen LogP contribution in [0.5, 0.6) is 5.75 Å². The monoisotopic (exact) mass is 259 g/mol. The highest BCUT2D eigenvalue weighted by Gasteiger charge is 2.16. The van der Waals surface area contributed by atoms with Gasteiger partial charge in [0.05, 0.1) is 0 Å². The van der Waals surface area contributed by atoms with E-state index in [1.807, 2.05) is 30.3 Å². The van der Waals surface area contributed by atoms with E-state index in [-0.39, 0.29) is 11.6 Å². The number of halogens is 1.